The first kappa shape index (κ1) is 7.71. The van der Waals surface area contributed by atoms with Crippen molar-refractivity contribution in [3.63, 3.8) is 0 Å². The summed E-state index contributed by atoms with van der Waals surface area (Å²) in [5.74, 6) is 1.24. The van der Waals surface area contributed by atoms with Crippen LogP contribution in [-0.4, -0.2) is 40.5 Å². The molecule has 0 amide bonds. The van der Waals surface area contributed by atoms with E-state index in [2.05, 4.69) is 20.2 Å². The summed E-state index contributed by atoms with van der Waals surface area (Å²) in [6.07, 6.45) is 1.66. The van der Waals surface area contributed by atoms with Gasteiger partial charge in [-0.2, -0.15) is 4.98 Å². The van der Waals surface area contributed by atoms with E-state index < -0.39 is 0 Å². The summed E-state index contributed by atoms with van der Waals surface area (Å²) in [6.45, 7) is 1.84. The van der Waals surface area contributed by atoms with Gasteiger partial charge in [0.05, 0.1) is 6.34 Å². The third-order valence-corrected chi connectivity index (χ3v) is 0.990. The summed E-state index contributed by atoms with van der Waals surface area (Å²) in [5, 5.41) is 6.53. The molecule has 1 aromatic rings. The average Bonchev–Trinajstić information content (AvgIpc) is 2.31. The second-order valence-corrected chi connectivity index (χ2v) is 2.43. The van der Waals surface area contributed by atoms with Gasteiger partial charge in [0.1, 0.15) is 5.82 Å². The molecule has 5 nitrogen and oxygen atoms in total. The topological polar surface area (TPSA) is 57.2 Å². The molecule has 0 aliphatic carbocycles. The summed E-state index contributed by atoms with van der Waals surface area (Å²) in [7, 11) is 3.78. The molecule has 0 aliphatic rings. The SMILES string of the molecule is Cc1nc(N=CN(C)C)n[nH]1. The maximum atomic E-state index is 3.99. The Balaban J connectivity index is 2.64. The van der Waals surface area contributed by atoms with Gasteiger partial charge in [0, 0.05) is 14.1 Å². The third kappa shape index (κ3) is 2.37. The fraction of sp³-hybridized carbons (Fsp3) is 0.500. The summed E-state index contributed by atoms with van der Waals surface area (Å²) in [5.41, 5.74) is 0. The number of aryl methyl sites for hydroxylation is 1. The molecule has 0 atom stereocenters. The number of aromatic nitrogens is 3. The van der Waals surface area contributed by atoms with Gasteiger partial charge in [-0.05, 0) is 6.92 Å². The van der Waals surface area contributed by atoms with Crippen LogP contribution in [0.25, 0.3) is 0 Å². The van der Waals surface area contributed by atoms with Crippen LogP contribution >= 0.6 is 0 Å². The minimum Gasteiger partial charge on any atom is -0.369 e. The number of hydrogen-bond acceptors (Lipinski definition) is 3. The number of aromatic amines is 1. The summed E-state index contributed by atoms with van der Waals surface area (Å²) >= 11 is 0. The van der Waals surface area contributed by atoms with Crippen molar-refractivity contribution in [3.05, 3.63) is 5.82 Å². The number of rotatable bonds is 2. The largest absolute Gasteiger partial charge is 0.369 e. The fourth-order valence-corrected chi connectivity index (χ4v) is 0.556. The zero-order valence-electron chi connectivity index (χ0n) is 6.87. The highest BCUT2D eigenvalue weighted by Crippen LogP contribution is 1.99. The van der Waals surface area contributed by atoms with Crippen LogP contribution in [0.2, 0.25) is 0 Å². The number of aliphatic imine (C=N–C) groups is 1. The first-order valence-electron chi connectivity index (χ1n) is 3.28. The summed E-state index contributed by atoms with van der Waals surface area (Å²) in [4.78, 5) is 9.79. The monoisotopic (exact) mass is 153 g/mol. The van der Waals surface area contributed by atoms with Crippen molar-refractivity contribution in [1.82, 2.24) is 20.1 Å². The van der Waals surface area contributed by atoms with Crippen LogP contribution in [0.5, 0.6) is 0 Å². The van der Waals surface area contributed by atoms with Crippen LogP contribution in [0, 0.1) is 6.92 Å². The Labute approximate surface area is 65.2 Å². The van der Waals surface area contributed by atoms with Crippen LogP contribution in [0.3, 0.4) is 0 Å². The van der Waals surface area contributed by atoms with Gasteiger partial charge < -0.3 is 4.90 Å². The highest BCUT2D eigenvalue weighted by Gasteiger charge is 1.93. The van der Waals surface area contributed by atoms with Crippen LogP contribution in [0.4, 0.5) is 5.95 Å². The van der Waals surface area contributed by atoms with Crippen LogP contribution in [-0.2, 0) is 0 Å². The molecular formula is C6H11N5. The molecule has 0 unspecified atom stereocenters. The van der Waals surface area contributed by atoms with Gasteiger partial charge in [-0.3, -0.25) is 5.10 Å². The van der Waals surface area contributed by atoms with E-state index in [4.69, 9.17) is 0 Å². The Morgan fingerprint density at radius 2 is 2.27 bits per heavy atom. The van der Waals surface area contributed by atoms with Crippen molar-refractivity contribution in [3.8, 4) is 0 Å². The van der Waals surface area contributed by atoms with E-state index in [1.165, 1.54) is 0 Å². The van der Waals surface area contributed by atoms with Crippen molar-refractivity contribution in [2.45, 2.75) is 6.92 Å². The molecule has 5 heteroatoms. The van der Waals surface area contributed by atoms with E-state index in [0.717, 1.165) is 5.82 Å². The number of nitrogens with zero attached hydrogens (tertiary/aromatic N) is 4. The Morgan fingerprint density at radius 1 is 1.55 bits per heavy atom. The molecule has 0 radical (unpaired) electrons. The van der Waals surface area contributed by atoms with Crippen molar-refractivity contribution < 1.29 is 0 Å². The molecule has 1 heterocycles. The van der Waals surface area contributed by atoms with E-state index in [1.54, 1.807) is 6.34 Å². The molecule has 0 bridgehead atoms. The second-order valence-electron chi connectivity index (χ2n) is 2.43. The van der Waals surface area contributed by atoms with Gasteiger partial charge in [-0.1, -0.05) is 0 Å². The maximum Gasteiger partial charge on any atom is 0.269 e. The lowest BCUT2D eigenvalue weighted by Crippen LogP contribution is -2.07. The molecule has 0 aliphatic heterocycles. The van der Waals surface area contributed by atoms with Crippen LogP contribution in [0.1, 0.15) is 5.82 Å². The fourth-order valence-electron chi connectivity index (χ4n) is 0.556. The lowest BCUT2D eigenvalue weighted by molar-refractivity contribution is 0.642. The molecule has 1 N–H and O–H groups in total. The molecular weight excluding hydrogens is 142 g/mol. The molecule has 0 saturated heterocycles. The normalized spacial score (nSPS) is 10.8. The lowest BCUT2D eigenvalue weighted by atomic mass is 10.7. The Kier molecular flexibility index (Phi) is 2.20. The zero-order chi connectivity index (χ0) is 8.27. The van der Waals surface area contributed by atoms with Gasteiger partial charge in [-0.15, -0.1) is 5.10 Å². The quantitative estimate of drug-likeness (QED) is 0.492. The van der Waals surface area contributed by atoms with Gasteiger partial charge >= 0.3 is 0 Å². The smallest absolute Gasteiger partial charge is 0.269 e. The zero-order valence-corrected chi connectivity index (χ0v) is 6.87. The predicted octanol–water partition coefficient (Wildman–Crippen LogP) is 0.335. The van der Waals surface area contributed by atoms with Crippen molar-refractivity contribution in [2.24, 2.45) is 4.99 Å². The molecule has 0 saturated carbocycles. The highest BCUT2D eigenvalue weighted by atomic mass is 15.3. The highest BCUT2D eigenvalue weighted by molar-refractivity contribution is 5.57. The Morgan fingerprint density at radius 3 is 2.73 bits per heavy atom. The second kappa shape index (κ2) is 3.14. The van der Waals surface area contributed by atoms with Crippen LogP contribution < -0.4 is 0 Å². The van der Waals surface area contributed by atoms with E-state index >= 15 is 0 Å². The van der Waals surface area contributed by atoms with E-state index in [1.807, 2.05) is 25.9 Å². The van der Waals surface area contributed by atoms with E-state index in [-0.39, 0.29) is 0 Å². The van der Waals surface area contributed by atoms with Gasteiger partial charge in [-0.25, -0.2) is 4.99 Å². The number of hydrogen-bond donors (Lipinski definition) is 1. The third-order valence-electron chi connectivity index (χ3n) is 0.990. The van der Waals surface area contributed by atoms with Crippen molar-refractivity contribution in [2.75, 3.05) is 14.1 Å². The molecule has 0 spiro atoms. The predicted molar refractivity (Wildman–Crippen MR) is 43.0 cm³/mol. The first-order chi connectivity index (χ1) is 5.18. The average molecular weight is 153 g/mol. The van der Waals surface area contributed by atoms with Crippen molar-refractivity contribution >= 4 is 12.3 Å². The van der Waals surface area contributed by atoms with Gasteiger partial charge in [0.25, 0.3) is 5.95 Å². The number of H-pyrrole nitrogens is 1. The minimum atomic E-state index is 0.469. The molecule has 0 fully saturated rings. The molecule has 1 rings (SSSR count). The number of nitrogens with one attached hydrogen (secondary N) is 1. The Hall–Kier alpha value is -1.39. The van der Waals surface area contributed by atoms with Crippen LogP contribution in [0.15, 0.2) is 4.99 Å². The van der Waals surface area contributed by atoms with Gasteiger partial charge in [0.2, 0.25) is 0 Å². The minimum absolute atomic E-state index is 0.469. The molecule has 1 aromatic heterocycles. The van der Waals surface area contributed by atoms with E-state index in [0.29, 0.717) is 5.95 Å². The molecule has 11 heavy (non-hydrogen) atoms. The van der Waals surface area contributed by atoms with E-state index in [9.17, 15) is 0 Å². The first-order valence-corrected chi connectivity index (χ1v) is 3.28. The maximum absolute atomic E-state index is 3.99. The lowest BCUT2D eigenvalue weighted by Gasteiger charge is -1.99. The summed E-state index contributed by atoms with van der Waals surface area (Å²) < 4.78 is 0. The molecule has 60 valence electrons. The summed E-state index contributed by atoms with van der Waals surface area (Å²) in [6, 6.07) is 0. The van der Waals surface area contributed by atoms with Crippen molar-refractivity contribution in [1.29, 1.82) is 0 Å². The Bertz CT molecular complexity index is 249. The molecule has 0 aromatic carbocycles. The van der Waals surface area contributed by atoms with Gasteiger partial charge in [0.15, 0.2) is 0 Å². The standard InChI is InChI=1S/C6H11N5/c1-5-8-6(10-9-5)7-4-11(2)3/h4H,1-3H3,(H,8,9,10).